The lowest BCUT2D eigenvalue weighted by molar-refractivity contribution is -0.125. The summed E-state index contributed by atoms with van der Waals surface area (Å²) in [5.74, 6) is 1.97. The minimum absolute atomic E-state index is 0.0376. The first-order valence-electron chi connectivity index (χ1n) is 11.9. The van der Waals surface area contributed by atoms with Crippen molar-refractivity contribution < 1.29 is 28.5 Å². The molecule has 36 heavy (non-hydrogen) atoms. The first kappa shape index (κ1) is 23.5. The number of carbonyl (C=O) groups excluding carboxylic acids is 2. The fraction of sp³-hybridized carbons (Fsp3) is 0.286. The minimum atomic E-state index is -0.497. The molecule has 0 aliphatic carbocycles. The number of hydrogen-bond acceptors (Lipinski definition) is 6. The Hall–Kier alpha value is -4.20. The van der Waals surface area contributed by atoms with Crippen LogP contribution < -0.4 is 29.2 Å². The number of hydrogen-bond donors (Lipinski definition) is 1. The summed E-state index contributed by atoms with van der Waals surface area (Å²) in [6.07, 6.45) is 0.691. The topological polar surface area (TPSA) is 86.3 Å². The summed E-state index contributed by atoms with van der Waals surface area (Å²) in [4.78, 5) is 28.6. The van der Waals surface area contributed by atoms with Gasteiger partial charge in [0.25, 0.3) is 0 Å². The predicted molar refractivity (Wildman–Crippen MR) is 135 cm³/mol. The number of benzene rings is 3. The molecule has 8 nitrogen and oxygen atoms in total. The van der Waals surface area contributed by atoms with E-state index >= 15 is 0 Å². The molecule has 3 aromatic carbocycles. The fourth-order valence-corrected chi connectivity index (χ4v) is 4.75. The predicted octanol–water partition coefficient (Wildman–Crippen LogP) is 4.60. The van der Waals surface area contributed by atoms with E-state index in [4.69, 9.17) is 18.9 Å². The maximum atomic E-state index is 13.7. The third-order valence-electron chi connectivity index (χ3n) is 6.55. The Morgan fingerprint density at radius 3 is 2.19 bits per heavy atom. The Morgan fingerprint density at radius 1 is 0.889 bits per heavy atom. The number of nitrogens with one attached hydrogen (secondary N) is 1. The Balaban J connectivity index is 1.49. The highest BCUT2D eigenvalue weighted by Gasteiger charge is 2.41. The van der Waals surface area contributed by atoms with Crippen molar-refractivity contribution in [2.75, 3.05) is 37.7 Å². The molecule has 0 radical (unpaired) electrons. The van der Waals surface area contributed by atoms with E-state index < -0.39 is 12.0 Å². The maximum absolute atomic E-state index is 13.7. The van der Waals surface area contributed by atoms with Crippen molar-refractivity contribution >= 4 is 23.2 Å². The van der Waals surface area contributed by atoms with Crippen molar-refractivity contribution in [1.82, 2.24) is 0 Å². The van der Waals surface area contributed by atoms with Crippen LogP contribution in [0.25, 0.3) is 0 Å². The van der Waals surface area contributed by atoms with Gasteiger partial charge in [-0.2, -0.15) is 0 Å². The zero-order valence-corrected chi connectivity index (χ0v) is 20.2. The Kier molecular flexibility index (Phi) is 6.66. The van der Waals surface area contributed by atoms with Crippen LogP contribution in [0.1, 0.15) is 24.4 Å². The number of rotatable bonds is 6. The minimum Gasteiger partial charge on any atom is -0.497 e. The molecule has 3 aromatic rings. The molecule has 2 atom stereocenters. The molecule has 0 spiro atoms. The van der Waals surface area contributed by atoms with Crippen LogP contribution in [0.4, 0.5) is 11.4 Å². The summed E-state index contributed by atoms with van der Waals surface area (Å²) in [5.41, 5.74) is 2.17. The summed E-state index contributed by atoms with van der Waals surface area (Å²) in [6, 6.07) is 19.7. The van der Waals surface area contributed by atoms with Crippen molar-refractivity contribution in [3.05, 3.63) is 72.3 Å². The van der Waals surface area contributed by atoms with Gasteiger partial charge in [0.2, 0.25) is 11.8 Å². The summed E-state index contributed by atoms with van der Waals surface area (Å²) < 4.78 is 21.8. The van der Waals surface area contributed by atoms with Crippen LogP contribution in [-0.4, -0.2) is 39.2 Å². The SMILES string of the molecule is COc1ccc([C@H]2[C@H](C(=O)Nc3ccc4c(c3)OCCO4)CCC(=O)N2c2ccc(OC)cc2)cc1. The van der Waals surface area contributed by atoms with E-state index in [9.17, 15) is 9.59 Å². The second kappa shape index (κ2) is 10.2. The number of nitrogens with zero attached hydrogens (tertiary/aromatic N) is 1. The van der Waals surface area contributed by atoms with Crippen LogP contribution in [0, 0.1) is 5.92 Å². The molecule has 1 N–H and O–H groups in total. The number of methoxy groups -OCH3 is 2. The highest BCUT2D eigenvalue weighted by molar-refractivity contribution is 6.00. The van der Waals surface area contributed by atoms with Crippen LogP contribution in [0.15, 0.2) is 66.7 Å². The van der Waals surface area contributed by atoms with Crippen molar-refractivity contribution in [3.63, 3.8) is 0 Å². The molecular formula is C28H28N2O6. The van der Waals surface area contributed by atoms with Crippen LogP contribution >= 0.6 is 0 Å². The van der Waals surface area contributed by atoms with Crippen molar-refractivity contribution in [1.29, 1.82) is 0 Å². The zero-order valence-electron chi connectivity index (χ0n) is 20.2. The summed E-state index contributed by atoms with van der Waals surface area (Å²) >= 11 is 0. The normalized spacial score (nSPS) is 18.9. The molecule has 0 unspecified atom stereocenters. The molecule has 0 aromatic heterocycles. The van der Waals surface area contributed by atoms with Crippen LogP contribution in [0.2, 0.25) is 0 Å². The van der Waals surface area contributed by atoms with Gasteiger partial charge >= 0.3 is 0 Å². The quantitative estimate of drug-likeness (QED) is 0.546. The Labute approximate surface area is 209 Å². The van der Waals surface area contributed by atoms with Crippen molar-refractivity contribution in [2.24, 2.45) is 5.92 Å². The summed E-state index contributed by atoms with van der Waals surface area (Å²) in [5, 5.41) is 3.03. The van der Waals surface area contributed by atoms with Crippen LogP contribution in [-0.2, 0) is 9.59 Å². The molecule has 2 aliphatic heterocycles. The first-order valence-corrected chi connectivity index (χ1v) is 11.9. The van der Waals surface area contributed by atoms with E-state index in [1.165, 1.54) is 0 Å². The lowest BCUT2D eigenvalue weighted by Crippen LogP contribution is -2.47. The number of fused-ring (bicyclic) bond motifs is 1. The van der Waals surface area contributed by atoms with Crippen LogP contribution in [0.3, 0.4) is 0 Å². The standard InChI is InChI=1S/C28H28N2O6/c1-33-21-8-3-18(4-9-21)27-23(12-14-26(31)30(27)20-6-10-22(34-2)11-7-20)28(32)29-19-5-13-24-25(17-19)36-16-15-35-24/h3-11,13,17,23,27H,12,14-16H2,1-2H3,(H,29,32)/t23-,27+/m1/s1. The molecule has 186 valence electrons. The highest BCUT2D eigenvalue weighted by atomic mass is 16.6. The lowest BCUT2D eigenvalue weighted by atomic mass is 9.83. The third kappa shape index (κ3) is 4.66. The first-order chi connectivity index (χ1) is 17.6. The lowest BCUT2D eigenvalue weighted by Gasteiger charge is -2.41. The van der Waals surface area contributed by atoms with Crippen molar-refractivity contribution in [3.8, 4) is 23.0 Å². The molecule has 5 rings (SSSR count). The van der Waals surface area contributed by atoms with E-state index in [-0.39, 0.29) is 18.2 Å². The summed E-state index contributed by atoms with van der Waals surface area (Å²) in [6.45, 7) is 0.963. The molecule has 1 saturated heterocycles. The van der Waals surface area contributed by atoms with Gasteiger partial charge in [0, 0.05) is 23.9 Å². The summed E-state index contributed by atoms with van der Waals surface area (Å²) in [7, 11) is 3.20. The Bertz CT molecular complexity index is 1240. The van der Waals surface area contributed by atoms with Gasteiger partial charge in [-0.15, -0.1) is 0 Å². The highest BCUT2D eigenvalue weighted by Crippen LogP contribution is 2.41. The van der Waals surface area contributed by atoms with Crippen molar-refractivity contribution in [2.45, 2.75) is 18.9 Å². The molecule has 2 amide bonds. The second-order valence-electron chi connectivity index (χ2n) is 8.67. The average molecular weight is 489 g/mol. The molecule has 2 heterocycles. The van der Waals surface area contributed by atoms with Gasteiger partial charge in [0.1, 0.15) is 24.7 Å². The fourth-order valence-electron chi connectivity index (χ4n) is 4.75. The van der Waals surface area contributed by atoms with Gasteiger partial charge in [-0.25, -0.2) is 0 Å². The van der Waals surface area contributed by atoms with Gasteiger partial charge in [-0.05, 0) is 60.5 Å². The van der Waals surface area contributed by atoms with Gasteiger partial charge in [-0.3, -0.25) is 9.59 Å². The van der Waals surface area contributed by atoms with E-state index in [1.54, 1.807) is 37.3 Å². The van der Waals surface area contributed by atoms with Gasteiger partial charge in [-0.1, -0.05) is 12.1 Å². The molecule has 0 bridgehead atoms. The maximum Gasteiger partial charge on any atom is 0.229 e. The molecule has 0 saturated carbocycles. The van der Waals surface area contributed by atoms with Crippen LogP contribution in [0.5, 0.6) is 23.0 Å². The molecule has 2 aliphatic rings. The van der Waals surface area contributed by atoms with E-state index in [2.05, 4.69) is 5.32 Å². The van der Waals surface area contributed by atoms with E-state index in [1.807, 2.05) is 48.5 Å². The van der Waals surface area contributed by atoms with Gasteiger partial charge in [0.05, 0.1) is 26.2 Å². The third-order valence-corrected chi connectivity index (χ3v) is 6.55. The number of carbonyl (C=O) groups is 2. The largest absolute Gasteiger partial charge is 0.497 e. The monoisotopic (exact) mass is 488 g/mol. The second-order valence-corrected chi connectivity index (χ2v) is 8.67. The number of ether oxygens (including phenoxy) is 4. The van der Waals surface area contributed by atoms with Gasteiger partial charge < -0.3 is 29.2 Å². The smallest absolute Gasteiger partial charge is 0.229 e. The number of amides is 2. The number of piperidine rings is 1. The molecular weight excluding hydrogens is 460 g/mol. The zero-order chi connectivity index (χ0) is 25.1. The van der Waals surface area contributed by atoms with Gasteiger partial charge in [0.15, 0.2) is 11.5 Å². The Morgan fingerprint density at radius 2 is 1.53 bits per heavy atom. The van der Waals surface area contributed by atoms with E-state index in [0.717, 1.165) is 5.56 Å². The average Bonchev–Trinajstić information content (AvgIpc) is 2.93. The number of anilines is 2. The molecule has 1 fully saturated rings. The van der Waals surface area contributed by atoms with E-state index in [0.29, 0.717) is 54.0 Å². The molecule has 8 heteroatoms.